The molecule has 0 saturated carbocycles. The van der Waals surface area contributed by atoms with Crippen molar-refractivity contribution in [2.24, 2.45) is 0 Å². The average molecular weight is 329 g/mol. The number of fused-ring (bicyclic) bond motifs is 1. The van der Waals surface area contributed by atoms with Crippen LogP contribution in [0, 0.1) is 6.92 Å². The number of amides is 2. The maximum atomic E-state index is 12.7. The van der Waals surface area contributed by atoms with Gasteiger partial charge in [-0.05, 0) is 38.1 Å². The lowest BCUT2D eigenvalue weighted by Gasteiger charge is -2.34. The third-order valence-corrected chi connectivity index (χ3v) is 4.29. The number of aryl methyl sites for hydroxylation is 1. The molecule has 0 spiro atoms. The van der Waals surface area contributed by atoms with Gasteiger partial charge in [0.15, 0.2) is 0 Å². The Morgan fingerprint density at radius 2 is 1.92 bits per heavy atom. The molecule has 0 bridgehead atoms. The summed E-state index contributed by atoms with van der Waals surface area (Å²) in [4.78, 5) is 28.2. The van der Waals surface area contributed by atoms with E-state index in [1.165, 1.54) is 0 Å². The number of furan rings is 1. The Morgan fingerprint density at radius 1 is 1.17 bits per heavy atom. The van der Waals surface area contributed by atoms with Crippen molar-refractivity contribution in [1.29, 1.82) is 0 Å². The van der Waals surface area contributed by atoms with E-state index >= 15 is 0 Å². The maximum Gasteiger partial charge on any atom is 0.253 e. The van der Waals surface area contributed by atoms with Crippen LogP contribution in [0.5, 0.6) is 0 Å². The van der Waals surface area contributed by atoms with Crippen LogP contribution in [-0.2, 0) is 4.79 Å². The summed E-state index contributed by atoms with van der Waals surface area (Å²) < 4.78 is 5.55. The molecule has 3 rings (SSSR count). The highest BCUT2D eigenvalue weighted by atomic mass is 16.3. The zero-order valence-corrected chi connectivity index (χ0v) is 14.2. The summed E-state index contributed by atoms with van der Waals surface area (Å²) in [5.74, 6) is 0.917. The fourth-order valence-electron chi connectivity index (χ4n) is 3.06. The first-order valence-electron chi connectivity index (χ1n) is 8.35. The zero-order valence-electron chi connectivity index (χ0n) is 14.2. The van der Waals surface area contributed by atoms with E-state index in [1.807, 2.05) is 43.0 Å². The molecule has 1 fully saturated rings. The van der Waals surface area contributed by atoms with Gasteiger partial charge in [0.1, 0.15) is 11.3 Å². The Kier molecular flexibility index (Phi) is 4.85. The van der Waals surface area contributed by atoms with Crippen LogP contribution in [0.1, 0.15) is 23.0 Å². The van der Waals surface area contributed by atoms with E-state index in [0.29, 0.717) is 31.7 Å². The van der Waals surface area contributed by atoms with E-state index in [4.69, 9.17) is 4.42 Å². The second-order valence-corrected chi connectivity index (χ2v) is 6.13. The van der Waals surface area contributed by atoms with Crippen molar-refractivity contribution in [1.82, 2.24) is 15.1 Å². The molecule has 1 saturated heterocycles. The Morgan fingerprint density at radius 3 is 2.62 bits per heavy atom. The van der Waals surface area contributed by atoms with Gasteiger partial charge in [-0.15, -0.1) is 0 Å². The normalized spacial score (nSPS) is 15.7. The van der Waals surface area contributed by atoms with E-state index in [0.717, 1.165) is 29.8 Å². The number of piperazine rings is 1. The molecule has 1 N–H and O–H groups in total. The minimum absolute atomic E-state index is 0.0356. The topological polar surface area (TPSA) is 65.8 Å². The summed E-state index contributed by atoms with van der Waals surface area (Å²) in [6.45, 7) is 7.57. The van der Waals surface area contributed by atoms with Crippen LogP contribution < -0.4 is 5.32 Å². The van der Waals surface area contributed by atoms with Gasteiger partial charge in [-0.3, -0.25) is 14.5 Å². The third-order valence-electron chi connectivity index (χ3n) is 4.29. The molecule has 1 aliphatic rings. The summed E-state index contributed by atoms with van der Waals surface area (Å²) >= 11 is 0. The molecule has 128 valence electrons. The van der Waals surface area contributed by atoms with E-state index < -0.39 is 0 Å². The fraction of sp³-hybridized carbons (Fsp3) is 0.444. The fourth-order valence-corrected chi connectivity index (χ4v) is 3.06. The van der Waals surface area contributed by atoms with Crippen molar-refractivity contribution < 1.29 is 14.0 Å². The lowest BCUT2D eigenvalue weighted by Crippen LogP contribution is -2.51. The molecule has 1 aromatic carbocycles. The van der Waals surface area contributed by atoms with Gasteiger partial charge in [-0.1, -0.05) is 0 Å². The highest BCUT2D eigenvalue weighted by Gasteiger charge is 2.23. The number of nitrogens with one attached hydrogen (secondary N) is 1. The van der Waals surface area contributed by atoms with Crippen molar-refractivity contribution in [2.45, 2.75) is 13.8 Å². The van der Waals surface area contributed by atoms with Crippen LogP contribution in [0.25, 0.3) is 11.0 Å². The van der Waals surface area contributed by atoms with Crippen LogP contribution in [0.2, 0.25) is 0 Å². The van der Waals surface area contributed by atoms with Gasteiger partial charge in [0.2, 0.25) is 5.91 Å². The number of carbonyl (C=O) groups excluding carboxylic acids is 2. The summed E-state index contributed by atoms with van der Waals surface area (Å²) in [7, 11) is 0. The molecule has 0 unspecified atom stereocenters. The smallest absolute Gasteiger partial charge is 0.253 e. The minimum Gasteiger partial charge on any atom is -0.461 e. The number of benzene rings is 1. The quantitative estimate of drug-likeness (QED) is 0.926. The maximum absolute atomic E-state index is 12.7. The van der Waals surface area contributed by atoms with Crippen LogP contribution in [0.4, 0.5) is 0 Å². The molecule has 0 radical (unpaired) electrons. The van der Waals surface area contributed by atoms with Crippen molar-refractivity contribution in [3.8, 4) is 0 Å². The van der Waals surface area contributed by atoms with Gasteiger partial charge >= 0.3 is 0 Å². The molecule has 2 amide bonds. The number of rotatable bonds is 4. The first-order chi connectivity index (χ1) is 11.6. The van der Waals surface area contributed by atoms with Crippen molar-refractivity contribution >= 4 is 22.8 Å². The van der Waals surface area contributed by atoms with Crippen molar-refractivity contribution in [3.05, 3.63) is 35.6 Å². The predicted molar refractivity (Wildman–Crippen MR) is 92.0 cm³/mol. The second kappa shape index (κ2) is 7.05. The molecular formula is C18H23N3O3. The molecule has 24 heavy (non-hydrogen) atoms. The van der Waals surface area contributed by atoms with Gasteiger partial charge in [0.25, 0.3) is 5.91 Å². The zero-order chi connectivity index (χ0) is 17.1. The monoisotopic (exact) mass is 329 g/mol. The standard InChI is InChI=1S/C18H23N3O3/c1-3-19-17(22)12-20-6-8-21(9-7-20)18(23)14-4-5-16-15(11-14)10-13(2)24-16/h4-5,10-11H,3,6-9,12H2,1-2H3,(H,19,22). The van der Waals surface area contributed by atoms with Gasteiger partial charge in [0.05, 0.1) is 6.54 Å². The van der Waals surface area contributed by atoms with Crippen LogP contribution in [-0.4, -0.2) is 60.9 Å². The Bertz CT molecular complexity index is 745. The largest absolute Gasteiger partial charge is 0.461 e. The minimum atomic E-state index is 0.0356. The van der Waals surface area contributed by atoms with Crippen LogP contribution in [0.3, 0.4) is 0 Å². The number of nitrogens with zero attached hydrogens (tertiary/aromatic N) is 2. The predicted octanol–water partition coefficient (Wildman–Crippen LogP) is 1.64. The van der Waals surface area contributed by atoms with E-state index in [-0.39, 0.29) is 11.8 Å². The first kappa shape index (κ1) is 16.5. The highest BCUT2D eigenvalue weighted by Crippen LogP contribution is 2.21. The molecule has 0 atom stereocenters. The Hall–Kier alpha value is -2.34. The van der Waals surface area contributed by atoms with Gasteiger partial charge in [0, 0.05) is 43.7 Å². The first-order valence-corrected chi connectivity index (χ1v) is 8.35. The lowest BCUT2D eigenvalue weighted by molar-refractivity contribution is -0.122. The summed E-state index contributed by atoms with van der Waals surface area (Å²) in [5.41, 5.74) is 1.48. The Balaban J connectivity index is 1.60. The third kappa shape index (κ3) is 3.59. The molecule has 2 heterocycles. The molecule has 0 aliphatic carbocycles. The summed E-state index contributed by atoms with van der Waals surface area (Å²) in [6.07, 6.45) is 0. The van der Waals surface area contributed by atoms with Gasteiger partial charge in [-0.2, -0.15) is 0 Å². The van der Waals surface area contributed by atoms with E-state index in [1.54, 1.807) is 0 Å². The highest BCUT2D eigenvalue weighted by molar-refractivity contribution is 5.98. The number of hydrogen-bond donors (Lipinski definition) is 1. The number of likely N-dealkylation sites (N-methyl/N-ethyl adjacent to an activating group) is 1. The molecular weight excluding hydrogens is 306 g/mol. The Labute approximate surface area is 141 Å². The second-order valence-electron chi connectivity index (χ2n) is 6.13. The van der Waals surface area contributed by atoms with Gasteiger partial charge in [-0.25, -0.2) is 0 Å². The average Bonchev–Trinajstić information content (AvgIpc) is 2.94. The number of hydrogen-bond acceptors (Lipinski definition) is 4. The molecule has 2 aromatic rings. The van der Waals surface area contributed by atoms with Crippen LogP contribution >= 0.6 is 0 Å². The van der Waals surface area contributed by atoms with Crippen molar-refractivity contribution in [3.63, 3.8) is 0 Å². The lowest BCUT2D eigenvalue weighted by atomic mass is 10.1. The molecule has 6 nitrogen and oxygen atoms in total. The van der Waals surface area contributed by atoms with E-state index in [9.17, 15) is 9.59 Å². The summed E-state index contributed by atoms with van der Waals surface area (Å²) in [5, 5.41) is 3.75. The van der Waals surface area contributed by atoms with Crippen LogP contribution in [0.15, 0.2) is 28.7 Å². The van der Waals surface area contributed by atoms with E-state index in [2.05, 4.69) is 10.2 Å². The van der Waals surface area contributed by atoms with Crippen molar-refractivity contribution in [2.75, 3.05) is 39.3 Å². The molecule has 1 aromatic heterocycles. The summed E-state index contributed by atoms with van der Waals surface area (Å²) in [6, 6.07) is 7.49. The molecule has 6 heteroatoms. The molecule has 1 aliphatic heterocycles. The number of carbonyl (C=O) groups is 2. The van der Waals surface area contributed by atoms with Gasteiger partial charge < -0.3 is 14.6 Å². The SMILES string of the molecule is CCNC(=O)CN1CCN(C(=O)c2ccc3oc(C)cc3c2)CC1.